The molecule has 1 saturated heterocycles. The van der Waals surface area contributed by atoms with E-state index in [-0.39, 0.29) is 24.0 Å². The molecule has 7 heteroatoms. The minimum absolute atomic E-state index is 0. The second-order valence-electron chi connectivity index (χ2n) is 4.72. The zero-order chi connectivity index (χ0) is 13.5. The van der Waals surface area contributed by atoms with E-state index < -0.39 is 0 Å². The summed E-state index contributed by atoms with van der Waals surface area (Å²) in [7, 11) is 1.78. The lowest BCUT2D eigenvalue weighted by molar-refractivity contribution is 0.267. The Hall–Kier alpha value is -0.830. The third-order valence-electron chi connectivity index (χ3n) is 3.56. The number of nitrogens with one attached hydrogen (secondary N) is 2. The molecule has 1 aliphatic heterocycles. The van der Waals surface area contributed by atoms with Gasteiger partial charge in [-0.3, -0.25) is 9.89 Å². The molecular formula is C13H24IN5O. The Morgan fingerprint density at radius 3 is 3.05 bits per heavy atom. The number of halogens is 1. The normalized spacial score (nSPS) is 19.7. The predicted octanol–water partition coefficient (Wildman–Crippen LogP) is 1.44. The van der Waals surface area contributed by atoms with Crippen LogP contribution in [0, 0.1) is 0 Å². The molecule has 0 bridgehead atoms. The van der Waals surface area contributed by atoms with Crippen LogP contribution < -0.4 is 10.6 Å². The topological polar surface area (TPSA) is 65.7 Å². The summed E-state index contributed by atoms with van der Waals surface area (Å²) in [6.07, 6.45) is 4.14. The lowest BCUT2D eigenvalue weighted by atomic mass is 10.2. The molecule has 1 unspecified atom stereocenters. The van der Waals surface area contributed by atoms with Gasteiger partial charge in [0.1, 0.15) is 12.0 Å². The number of nitrogens with zero attached hydrogens (tertiary/aromatic N) is 3. The first kappa shape index (κ1) is 17.2. The van der Waals surface area contributed by atoms with Crippen molar-refractivity contribution < 1.29 is 4.52 Å². The van der Waals surface area contributed by atoms with Crippen LogP contribution in [-0.4, -0.2) is 48.7 Å². The second-order valence-corrected chi connectivity index (χ2v) is 4.72. The Balaban J connectivity index is 0.00000200. The van der Waals surface area contributed by atoms with E-state index in [1.54, 1.807) is 13.3 Å². The molecule has 1 fully saturated rings. The van der Waals surface area contributed by atoms with Crippen molar-refractivity contribution in [2.45, 2.75) is 32.4 Å². The summed E-state index contributed by atoms with van der Waals surface area (Å²) in [6, 6.07) is 2.46. The van der Waals surface area contributed by atoms with Crippen LogP contribution >= 0.6 is 24.0 Å². The Kier molecular flexibility index (Phi) is 7.90. The van der Waals surface area contributed by atoms with Gasteiger partial charge in [-0.25, -0.2) is 0 Å². The van der Waals surface area contributed by atoms with Crippen molar-refractivity contribution in [3.8, 4) is 0 Å². The van der Waals surface area contributed by atoms with Crippen LogP contribution in [0.2, 0.25) is 0 Å². The Bertz CT molecular complexity index is 395. The molecule has 2 N–H and O–H groups in total. The van der Waals surface area contributed by atoms with Crippen LogP contribution in [0.4, 0.5) is 0 Å². The van der Waals surface area contributed by atoms with Gasteiger partial charge in [-0.1, -0.05) is 12.1 Å². The number of likely N-dealkylation sites (N-methyl/N-ethyl adjacent to an activating group) is 1. The molecule has 2 heterocycles. The first-order valence-corrected chi connectivity index (χ1v) is 6.91. The van der Waals surface area contributed by atoms with E-state index in [0.717, 1.165) is 24.7 Å². The van der Waals surface area contributed by atoms with Crippen molar-refractivity contribution in [3.05, 3.63) is 18.0 Å². The maximum atomic E-state index is 4.79. The fourth-order valence-electron chi connectivity index (χ4n) is 2.48. The number of aliphatic imine (C=N–C) groups is 1. The fraction of sp³-hybridized carbons (Fsp3) is 0.692. The minimum Gasteiger partial charge on any atom is -0.364 e. The maximum Gasteiger partial charge on any atom is 0.191 e. The standard InChI is InChI=1S/C13H23N5O.HI/c1-3-18-7-4-5-12(18)10-16-13(14-2)15-9-11-6-8-19-17-11;/h6,8,12H,3-5,7,9-10H2,1-2H3,(H2,14,15,16);1H. The first-order valence-electron chi connectivity index (χ1n) is 6.91. The molecule has 1 aliphatic rings. The van der Waals surface area contributed by atoms with Gasteiger partial charge in [0.2, 0.25) is 0 Å². The van der Waals surface area contributed by atoms with Crippen LogP contribution in [0.1, 0.15) is 25.5 Å². The van der Waals surface area contributed by atoms with Gasteiger partial charge in [-0.15, -0.1) is 24.0 Å². The molecule has 1 aromatic heterocycles. The van der Waals surface area contributed by atoms with E-state index in [2.05, 4.69) is 32.6 Å². The SMILES string of the molecule is CCN1CCCC1CNC(=NC)NCc1ccon1.I. The van der Waals surface area contributed by atoms with Crippen molar-refractivity contribution >= 4 is 29.9 Å². The zero-order valence-electron chi connectivity index (χ0n) is 12.1. The molecule has 0 aromatic carbocycles. The molecule has 114 valence electrons. The smallest absolute Gasteiger partial charge is 0.191 e. The van der Waals surface area contributed by atoms with E-state index in [0.29, 0.717) is 12.6 Å². The quantitative estimate of drug-likeness (QED) is 0.450. The molecule has 1 atom stereocenters. The number of likely N-dealkylation sites (tertiary alicyclic amines) is 1. The molecule has 0 radical (unpaired) electrons. The predicted molar refractivity (Wildman–Crippen MR) is 90.4 cm³/mol. The lowest BCUT2D eigenvalue weighted by Crippen LogP contribution is -2.44. The summed E-state index contributed by atoms with van der Waals surface area (Å²) in [5.74, 6) is 0.811. The Labute approximate surface area is 137 Å². The summed E-state index contributed by atoms with van der Waals surface area (Å²) >= 11 is 0. The van der Waals surface area contributed by atoms with Gasteiger partial charge in [-0.2, -0.15) is 0 Å². The van der Waals surface area contributed by atoms with Gasteiger partial charge in [0.15, 0.2) is 5.96 Å². The molecule has 20 heavy (non-hydrogen) atoms. The van der Waals surface area contributed by atoms with Crippen molar-refractivity contribution in [1.82, 2.24) is 20.7 Å². The van der Waals surface area contributed by atoms with E-state index >= 15 is 0 Å². The average molecular weight is 393 g/mol. The van der Waals surface area contributed by atoms with Crippen LogP contribution in [0.5, 0.6) is 0 Å². The fourth-order valence-corrected chi connectivity index (χ4v) is 2.48. The number of rotatable bonds is 5. The van der Waals surface area contributed by atoms with E-state index in [1.165, 1.54) is 19.4 Å². The van der Waals surface area contributed by atoms with E-state index in [4.69, 9.17) is 4.52 Å². The van der Waals surface area contributed by atoms with Crippen molar-refractivity contribution in [1.29, 1.82) is 0 Å². The van der Waals surface area contributed by atoms with Crippen molar-refractivity contribution in [2.75, 3.05) is 26.7 Å². The minimum atomic E-state index is 0. The van der Waals surface area contributed by atoms with E-state index in [1.807, 2.05) is 6.07 Å². The number of hydrogen-bond acceptors (Lipinski definition) is 4. The largest absolute Gasteiger partial charge is 0.364 e. The highest BCUT2D eigenvalue weighted by molar-refractivity contribution is 14.0. The van der Waals surface area contributed by atoms with Crippen LogP contribution in [0.3, 0.4) is 0 Å². The molecular weight excluding hydrogens is 369 g/mol. The van der Waals surface area contributed by atoms with Crippen molar-refractivity contribution in [3.63, 3.8) is 0 Å². The Morgan fingerprint density at radius 2 is 2.40 bits per heavy atom. The molecule has 0 spiro atoms. The average Bonchev–Trinajstić information content (AvgIpc) is 3.09. The van der Waals surface area contributed by atoms with Gasteiger partial charge in [0.05, 0.1) is 6.54 Å². The molecule has 6 nitrogen and oxygen atoms in total. The zero-order valence-corrected chi connectivity index (χ0v) is 14.5. The van der Waals surface area contributed by atoms with Crippen LogP contribution in [0.15, 0.2) is 21.8 Å². The monoisotopic (exact) mass is 393 g/mol. The summed E-state index contributed by atoms with van der Waals surface area (Å²) < 4.78 is 4.79. The molecule has 0 amide bonds. The van der Waals surface area contributed by atoms with Crippen molar-refractivity contribution in [2.24, 2.45) is 4.99 Å². The number of guanidine groups is 1. The summed E-state index contributed by atoms with van der Waals surface area (Å²) in [5, 5.41) is 10.5. The summed E-state index contributed by atoms with van der Waals surface area (Å²) in [5.41, 5.74) is 0.874. The third kappa shape index (κ3) is 4.93. The highest BCUT2D eigenvalue weighted by Gasteiger charge is 2.22. The first-order chi connectivity index (χ1) is 9.33. The maximum absolute atomic E-state index is 4.79. The Morgan fingerprint density at radius 1 is 1.55 bits per heavy atom. The third-order valence-corrected chi connectivity index (χ3v) is 3.56. The highest BCUT2D eigenvalue weighted by Crippen LogP contribution is 2.15. The van der Waals surface area contributed by atoms with Gasteiger partial charge in [-0.05, 0) is 25.9 Å². The highest BCUT2D eigenvalue weighted by atomic mass is 127. The second kappa shape index (κ2) is 9.17. The lowest BCUT2D eigenvalue weighted by Gasteiger charge is -2.23. The van der Waals surface area contributed by atoms with Gasteiger partial charge >= 0.3 is 0 Å². The molecule has 1 aromatic rings. The molecule has 2 rings (SSSR count). The molecule has 0 saturated carbocycles. The summed E-state index contributed by atoms with van der Waals surface area (Å²) in [4.78, 5) is 6.73. The van der Waals surface area contributed by atoms with E-state index in [9.17, 15) is 0 Å². The van der Waals surface area contributed by atoms with Gasteiger partial charge < -0.3 is 15.2 Å². The van der Waals surface area contributed by atoms with Gasteiger partial charge in [0, 0.05) is 25.7 Å². The van der Waals surface area contributed by atoms with Gasteiger partial charge in [0.25, 0.3) is 0 Å². The number of hydrogen-bond donors (Lipinski definition) is 2. The molecule has 0 aliphatic carbocycles. The summed E-state index contributed by atoms with van der Waals surface area (Å²) in [6.45, 7) is 6.12. The number of aromatic nitrogens is 1. The van der Waals surface area contributed by atoms with Crippen LogP contribution in [-0.2, 0) is 6.54 Å². The van der Waals surface area contributed by atoms with Crippen LogP contribution in [0.25, 0.3) is 0 Å².